The number of carbonyl (C=O) groups is 2. The molecule has 1 amide bonds. The van der Waals surface area contributed by atoms with Gasteiger partial charge in [0.25, 0.3) is 5.56 Å². The van der Waals surface area contributed by atoms with Crippen molar-refractivity contribution < 1.29 is 18.8 Å². The highest BCUT2D eigenvalue weighted by molar-refractivity contribution is 6.07. The van der Waals surface area contributed by atoms with Crippen molar-refractivity contribution in [3.63, 3.8) is 0 Å². The SMILES string of the molecule is COC(=O)c1ccccc1NC(=O)Cn1c2ccccc2c2ncn(Cc3nc(C4CC4)no3)c(=O)c21. The van der Waals surface area contributed by atoms with Crippen LogP contribution in [0.25, 0.3) is 21.9 Å². The van der Waals surface area contributed by atoms with Crippen molar-refractivity contribution in [1.29, 1.82) is 0 Å². The third-order valence-electron chi connectivity index (χ3n) is 6.37. The molecule has 0 unspecified atom stereocenters. The molecular formula is C26H22N6O5. The van der Waals surface area contributed by atoms with Crippen molar-refractivity contribution in [2.45, 2.75) is 31.8 Å². The van der Waals surface area contributed by atoms with Gasteiger partial charge in [0, 0.05) is 11.3 Å². The number of hydrogen-bond acceptors (Lipinski definition) is 8. The zero-order valence-electron chi connectivity index (χ0n) is 19.9. The quantitative estimate of drug-likeness (QED) is 0.338. The Balaban J connectivity index is 1.37. The van der Waals surface area contributed by atoms with Gasteiger partial charge in [-0.3, -0.25) is 14.2 Å². The van der Waals surface area contributed by atoms with E-state index in [1.165, 1.54) is 18.0 Å². The van der Waals surface area contributed by atoms with Gasteiger partial charge in [0.15, 0.2) is 5.82 Å². The number of nitrogens with zero attached hydrogens (tertiary/aromatic N) is 5. The van der Waals surface area contributed by atoms with Crippen molar-refractivity contribution in [1.82, 2.24) is 24.3 Å². The van der Waals surface area contributed by atoms with Gasteiger partial charge in [0.1, 0.15) is 24.1 Å². The van der Waals surface area contributed by atoms with E-state index < -0.39 is 11.9 Å². The molecule has 1 fully saturated rings. The summed E-state index contributed by atoms with van der Waals surface area (Å²) in [6, 6.07) is 13.9. The minimum absolute atomic E-state index is 0.0712. The number of ether oxygens (including phenoxy) is 1. The van der Waals surface area contributed by atoms with Crippen molar-refractivity contribution in [3.05, 3.63) is 82.5 Å². The van der Waals surface area contributed by atoms with Gasteiger partial charge in [-0.25, -0.2) is 9.78 Å². The van der Waals surface area contributed by atoms with Crippen LogP contribution < -0.4 is 10.9 Å². The van der Waals surface area contributed by atoms with Crippen LogP contribution in [-0.2, 0) is 22.6 Å². The molecule has 1 saturated carbocycles. The smallest absolute Gasteiger partial charge is 0.339 e. The van der Waals surface area contributed by atoms with E-state index >= 15 is 0 Å². The largest absolute Gasteiger partial charge is 0.465 e. The van der Waals surface area contributed by atoms with E-state index in [2.05, 4.69) is 20.4 Å². The zero-order chi connectivity index (χ0) is 25.5. The van der Waals surface area contributed by atoms with E-state index in [1.54, 1.807) is 28.8 Å². The molecule has 37 heavy (non-hydrogen) atoms. The highest BCUT2D eigenvalue weighted by atomic mass is 16.5. The molecule has 0 radical (unpaired) electrons. The molecule has 0 spiro atoms. The van der Waals surface area contributed by atoms with Crippen LogP contribution in [0.5, 0.6) is 0 Å². The van der Waals surface area contributed by atoms with E-state index in [0.29, 0.717) is 34.4 Å². The summed E-state index contributed by atoms with van der Waals surface area (Å²) >= 11 is 0. The average molecular weight is 498 g/mol. The molecule has 186 valence electrons. The first-order valence-corrected chi connectivity index (χ1v) is 11.8. The fourth-order valence-electron chi connectivity index (χ4n) is 4.42. The van der Waals surface area contributed by atoms with Gasteiger partial charge >= 0.3 is 5.97 Å². The van der Waals surface area contributed by atoms with Crippen LogP contribution in [0.1, 0.15) is 40.8 Å². The number of rotatable bonds is 7. The van der Waals surface area contributed by atoms with E-state index in [0.717, 1.165) is 18.2 Å². The standard InChI is InChI=1S/C26H22N6O5/c1-36-26(35)16-6-2-4-8-18(16)28-20(33)12-32-19-9-5-3-7-17(19)22-23(32)25(34)31(14-27-22)13-21-29-24(30-37-21)15-10-11-15/h2-9,14-15H,10-13H2,1H3,(H,28,33). The van der Waals surface area contributed by atoms with E-state index in [9.17, 15) is 14.4 Å². The Hall–Kier alpha value is -4.80. The number of carbonyl (C=O) groups excluding carboxylic acids is 2. The minimum Gasteiger partial charge on any atom is -0.465 e. The molecule has 1 aliphatic carbocycles. The molecule has 11 heteroatoms. The van der Waals surface area contributed by atoms with Crippen molar-refractivity contribution in [3.8, 4) is 0 Å². The Bertz CT molecular complexity index is 1730. The van der Waals surface area contributed by atoms with Crippen LogP contribution in [-0.4, -0.2) is 43.2 Å². The van der Waals surface area contributed by atoms with Crippen molar-refractivity contribution >= 4 is 39.5 Å². The highest BCUT2D eigenvalue weighted by Gasteiger charge is 2.29. The summed E-state index contributed by atoms with van der Waals surface area (Å²) in [6.07, 6.45) is 3.53. The lowest BCUT2D eigenvalue weighted by Gasteiger charge is -2.11. The second-order valence-electron chi connectivity index (χ2n) is 8.88. The number of fused-ring (bicyclic) bond motifs is 3. The molecule has 2 aromatic carbocycles. The Labute approximate surface area is 209 Å². The number of amides is 1. The Morgan fingerprint density at radius 2 is 1.92 bits per heavy atom. The van der Waals surface area contributed by atoms with Gasteiger partial charge in [0.05, 0.1) is 30.2 Å². The monoisotopic (exact) mass is 498 g/mol. The topological polar surface area (TPSA) is 134 Å². The number of para-hydroxylation sites is 2. The summed E-state index contributed by atoms with van der Waals surface area (Å²) in [5, 5.41) is 7.52. The lowest BCUT2D eigenvalue weighted by atomic mass is 10.2. The summed E-state index contributed by atoms with van der Waals surface area (Å²) < 4.78 is 13.2. The summed E-state index contributed by atoms with van der Waals surface area (Å²) in [6.45, 7) is -0.103. The first kappa shape index (κ1) is 22.7. The van der Waals surface area contributed by atoms with Gasteiger partial charge in [-0.2, -0.15) is 4.98 Å². The molecule has 0 bridgehead atoms. The van der Waals surface area contributed by atoms with Gasteiger partial charge in [-0.05, 0) is 31.0 Å². The van der Waals surface area contributed by atoms with Gasteiger partial charge in [-0.1, -0.05) is 35.5 Å². The molecule has 0 saturated heterocycles. The number of esters is 1. The number of hydrogen-bond donors (Lipinski definition) is 1. The predicted molar refractivity (Wildman–Crippen MR) is 133 cm³/mol. The second-order valence-corrected chi connectivity index (χ2v) is 8.88. The van der Waals surface area contributed by atoms with Crippen LogP contribution in [0.15, 0.2) is 64.2 Å². The summed E-state index contributed by atoms with van der Waals surface area (Å²) in [5.74, 6) is 0.339. The first-order chi connectivity index (χ1) is 18.0. The third-order valence-corrected chi connectivity index (χ3v) is 6.37. The average Bonchev–Trinajstić information content (AvgIpc) is 3.58. The molecule has 1 aliphatic rings. The zero-order valence-corrected chi connectivity index (χ0v) is 19.9. The third kappa shape index (κ3) is 4.14. The Morgan fingerprint density at radius 1 is 1.14 bits per heavy atom. The number of methoxy groups -OCH3 is 1. The highest BCUT2D eigenvalue weighted by Crippen LogP contribution is 2.38. The number of nitrogens with one attached hydrogen (secondary N) is 1. The predicted octanol–water partition coefficient (Wildman–Crippen LogP) is 3.09. The fourth-order valence-corrected chi connectivity index (χ4v) is 4.42. The number of benzene rings is 2. The first-order valence-electron chi connectivity index (χ1n) is 11.8. The molecule has 0 atom stereocenters. The molecule has 1 N–H and O–H groups in total. The summed E-state index contributed by atoms with van der Waals surface area (Å²) in [5.41, 5.74) is 1.67. The number of anilines is 1. The van der Waals surface area contributed by atoms with Gasteiger partial charge in [0.2, 0.25) is 11.8 Å². The van der Waals surface area contributed by atoms with Crippen LogP contribution >= 0.6 is 0 Å². The maximum atomic E-state index is 13.6. The Morgan fingerprint density at radius 3 is 2.73 bits per heavy atom. The normalized spacial score (nSPS) is 13.2. The molecule has 0 aliphatic heterocycles. The van der Waals surface area contributed by atoms with Gasteiger partial charge < -0.3 is 19.1 Å². The lowest BCUT2D eigenvalue weighted by Crippen LogP contribution is -2.26. The van der Waals surface area contributed by atoms with E-state index in [4.69, 9.17) is 9.26 Å². The van der Waals surface area contributed by atoms with Crippen molar-refractivity contribution in [2.24, 2.45) is 0 Å². The number of aromatic nitrogens is 5. The van der Waals surface area contributed by atoms with Crippen LogP contribution in [0.4, 0.5) is 5.69 Å². The van der Waals surface area contributed by atoms with Gasteiger partial charge in [-0.15, -0.1) is 0 Å². The molecule has 11 nitrogen and oxygen atoms in total. The maximum Gasteiger partial charge on any atom is 0.339 e. The molecule has 5 aromatic rings. The minimum atomic E-state index is -0.564. The van der Waals surface area contributed by atoms with Crippen LogP contribution in [0, 0.1) is 0 Å². The van der Waals surface area contributed by atoms with Crippen molar-refractivity contribution in [2.75, 3.05) is 12.4 Å². The van der Waals surface area contributed by atoms with Crippen LogP contribution in [0.3, 0.4) is 0 Å². The lowest BCUT2D eigenvalue weighted by molar-refractivity contribution is -0.116. The van der Waals surface area contributed by atoms with E-state index in [1.807, 2.05) is 24.3 Å². The second kappa shape index (κ2) is 9.01. The maximum absolute atomic E-state index is 13.6. The Kier molecular flexibility index (Phi) is 5.52. The molecule has 3 heterocycles. The fraction of sp³-hybridized carbons (Fsp3) is 0.231. The van der Waals surface area contributed by atoms with E-state index in [-0.39, 0.29) is 29.7 Å². The molecule has 6 rings (SSSR count). The summed E-state index contributed by atoms with van der Waals surface area (Å²) in [7, 11) is 1.28. The molecule has 3 aromatic heterocycles. The summed E-state index contributed by atoms with van der Waals surface area (Å²) in [4.78, 5) is 47.8. The van der Waals surface area contributed by atoms with Crippen LogP contribution in [0.2, 0.25) is 0 Å². The molecular weight excluding hydrogens is 476 g/mol.